The molecule has 1 aromatic rings. The number of thioether (sulfide) groups is 1. The van der Waals surface area contributed by atoms with E-state index in [0.717, 1.165) is 4.90 Å². The summed E-state index contributed by atoms with van der Waals surface area (Å²) in [6, 6.07) is 4.80. The zero-order chi connectivity index (χ0) is 14.7. The van der Waals surface area contributed by atoms with Gasteiger partial charge in [0.25, 0.3) is 5.91 Å². The fourth-order valence-electron chi connectivity index (χ4n) is 1.60. The summed E-state index contributed by atoms with van der Waals surface area (Å²) in [5, 5.41) is 22.5. The van der Waals surface area contributed by atoms with Crippen LogP contribution in [0.3, 0.4) is 0 Å². The molecule has 1 heterocycles. The topological polar surface area (TPSA) is 116 Å². The van der Waals surface area contributed by atoms with Crippen molar-refractivity contribution in [3.8, 4) is 0 Å². The Bertz CT molecular complexity index is 575. The molecule has 0 saturated heterocycles. The predicted octanol–water partition coefficient (Wildman–Crippen LogP) is -0.0939. The molecule has 2 rings (SSSR count). The maximum Gasteiger partial charge on any atom is 0.334 e. The smallest absolute Gasteiger partial charge is 0.334 e. The van der Waals surface area contributed by atoms with Crippen molar-refractivity contribution in [1.82, 2.24) is 5.32 Å². The number of nitrogens with one attached hydrogen (secondary N) is 2. The van der Waals surface area contributed by atoms with E-state index in [1.807, 2.05) is 0 Å². The Labute approximate surface area is 118 Å². The van der Waals surface area contributed by atoms with Gasteiger partial charge in [-0.3, -0.25) is 9.59 Å². The first-order valence-electron chi connectivity index (χ1n) is 5.73. The lowest BCUT2D eigenvalue weighted by molar-refractivity contribution is -0.146. The Morgan fingerprint density at radius 2 is 2.20 bits per heavy atom. The summed E-state index contributed by atoms with van der Waals surface area (Å²) in [5.74, 6) is -1.72. The number of benzene rings is 1. The SMILES string of the molecule is O=C1CSc2ccc(C(=O)NCC(O)C(=O)O)cc2N1. The molecule has 0 saturated carbocycles. The third-order valence-corrected chi connectivity index (χ3v) is 3.69. The van der Waals surface area contributed by atoms with E-state index in [0.29, 0.717) is 11.4 Å². The maximum atomic E-state index is 11.8. The maximum absolute atomic E-state index is 11.8. The quantitative estimate of drug-likeness (QED) is 0.617. The largest absolute Gasteiger partial charge is 0.479 e. The number of hydrogen-bond acceptors (Lipinski definition) is 5. The van der Waals surface area contributed by atoms with E-state index in [9.17, 15) is 14.4 Å². The molecule has 0 fully saturated rings. The zero-order valence-corrected chi connectivity index (χ0v) is 11.1. The minimum absolute atomic E-state index is 0.138. The minimum atomic E-state index is -1.65. The van der Waals surface area contributed by atoms with Crippen LogP contribution in [-0.2, 0) is 9.59 Å². The van der Waals surface area contributed by atoms with Gasteiger partial charge in [-0.15, -0.1) is 11.8 Å². The first-order chi connectivity index (χ1) is 9.47. The lowest BCUT2D eigenvalue weighted by Gasteiger charge is -2.17. The van der Waals surface area contributed by atoms with Gasteiger partial charge >= 0.3 is 5.97 Å². The summed E-state index contributed by atoms with van der Waals surface area (Å²) in [5.41, 5.74) is 0.835. The number of carbonyl (C=O) groups is 3. The number of anilines is 1. The van der Waals surface area contributed by atoms with E-state index >= 15 is 0 Å². The summed E-state index contributed by atoms with van der Waals surface area (Å²) in [7, 11) is 0. The van der Waals surface area contributed by atoms with E-state index in [4.69, 9.17) is 10.2 Å². The number of hydrogen-bond donors (Lipinski definition) is 4. The number of aliphatic hydroxyl groups excluding tert-OH is 1. The highest BCUT2D eigenvalue weighted by atomic mass is 32.2. The number of carbonyl (C=O) groups excluding carboxylic acids is 2. The molecule has 0 radical (unpaired) electrons. The van der Waals surface area contributed by atoms with E-state index in [-0.39, 0.29) is 18.0 Å². The van der Waals surface area contributed by atoms with Crippen molar-refractivity contribution in [3.05, 3.63) is 23.8 Å². The number of amides is 2. The standard InChI is InChI=1S/C12H12N2O5S/c15-8(12(18)19)4-13-11(17)6-1-2-9-7(3-6)14-10(16)5-20-9/h1-3,8,15H,4-5H2,(H,13,17)(H,14,16)(H,18,19). The van der Waals surface area contributed by atoms with Crippen LogP contribution in [0.2, 0.25) is 0 Å². The summed E-state index contributed by atoms with van der Waals surface area (Å²) in [6.45, 7) is -0.383. The molecule has 1 aromatic carbocycles. The molecular weight excluding hydrogens is 284 g/mol. The molecule has 0 spiro atoms. The van der Waals surface area contributed by atoms with Gasteiger partial charge in [-0.25, -0.2) is 4.79 Å². The molecule has 4 N–H and O–H groups in total. The Kier molecular flexibility index (Phi) is 4.26. The zero-order valence-electron chi connectivity index (χ0n) is 10.3. The molecule has 1 atom stereocenters. The number of carboxylic acid groups (broad SMARTS) is 1. The van der Waals surface area contributed by atoms with Gasteiger partial charge < -0.3 is 20.8 Å². The van der Waals surface area contributed by atoms with Crippen molar-refractivity contribution in [1.29, 1.82) is 0 Å². The van der Waals surface area contributed by atoms with Gasteiger partial charge in [0.1, 0.15) is 0 Å². The van der Waals surface area contributed by atoms with Crippen LogP contribution in [-0.4, -0.2) is 46.4 Å². The van der Waals surface area contributed by atoms with Gasteiger partial charge in [0.05, 0.1) is 18.0 Å². The molecule has 106 valence electrons. The lowest BCUT2D eigenvalue weighted by atomic mass is 10.1. The molecular formula is C12H12N2O5S. The first-order valence-corrected chi connectivity index (χ1v) is 6.71. The molecule has 0 aromatic heterocycles. The van der Waals surface area contributed by atoms with Crippen molar-refractivity contribution in [2.24, 2.45) is 0 Å². The molecule has 8 heteroatoms. The Morgan fingerprint density at radius 1 is 1.45 bits per heavy atom. The Morgan fingerprint density at radius 3 is 2.90 bits per heavy atom. The van der Waals surface area contributed by atoms with E-state index < -0.39 is 18.0 Å². The second kappa shape index (κ2) is 5.93. The predicted molar refractivity (Wildman–Crippen MR) is 71.8 cm³/mol. The molecule has 2 amide bonds. The van der Waals surface area contributed by atoms with Gasteiger partial charge in [-0.2, -0.15) is 0 Å². The average molecular weight is 296 g/mol. The summed E-state index contributed by atoms with van der Waals surface area (Å²) in [4.78, 5) is 34.4. The van der Waals surface area contributed by atoms with Crippen LogP contribution < -0.4 is 10.6 Å². The summed E-state index contributed by atoms with van der Waals surface area (Å²) >= 11 is 1.38. The van der Waals surface area contributed by atoms with Crippen LogP contribution in [0.1, 0.15) is 10.4 Å². The number of aliphatic carboxylic acids is 1. The van der Waals surface area contributed by atoms with Gasteiger partial charge in [-0.05, 0) is 18.2 Å². The van der Waals surface area contributed by atoms with Crippen molar-refractivity contribution < 1.29 is 24.6 Å². The Hall–Kier alpha value is -2.06. The normalized spacial score (nSPS) is 14.9. The van der Waals surface area contributed by atoms with Crippen LogP contribution in [0.25, 0.3) is 0 Å². The second-order valence-electron chi connectivity index (χ2n) is 4.11. The van der Waals surface area contributed by atoms with E-state index in [1.54, 1.807) is 12.1 Å². The molecule has 1 unspecified atom stereocenters. The minimum Gasteiger partial charge on any atom is -0.479 e. The van der Waals surface area contributed by atoms with Crippen LogP contribution in [0, 0.1) is 0 Å². The average Bonchev–Trinajstić information content (AvgIpc) is 2.43. The molecule has 0 aliphatic carbocycles. The highest BCUT2D eigenvalue weighted by molar-refractivity contribution is 8.00. The van der Waals surface area contributed by atoms with Crippen LogP contribution in [0.15, 0.2) is 23.1 Å². The molecule has 1 aliphatic heterocycles. The van der Waals surface area contributed by atoms with Crippen molar-refractivity contribution in [2.45, 2.75) is 11.0 Å². The summed E-state index contributed by atoms with van der Waals surface area (Å²) < 4.78 is 0. The number of carboxylic acids is 1. The highest BCUT2D eigenvalue weighted by Crippen LogP contribution is 2.31. The van der Waals surface area contributed by atoms with Gasteiger partial charge in [-0.1, -0.05) is 0 Å². The Balaban J connectivity index is 2.05. The van der Waals surface area contributed by atoms with Gasteiger partial charge in [0, 0.05) is 10.5 Å². The van der Waals surface area contributed by atoms with Crippen molar-refractivity contribution in [2.75, 3.05) is 17.6 Å². The monoisotopic (exact) mass is 296 g/mol. The second-order valence-corrected chi connectivity index (χ2v) is 5.13. The summed E-state index contributed by atoms with van der Waals surface area (Å²) in [6.07, 6.45) is -1.65. The third kappa shape index (κ3) is 3.28. The van der Waals surface area contributed by atoms with Crippen molar-refractivity contribution in [3.63, 3.8) is 0 Å². The van der Waals surface area contributed by atoms with Crippen molar-refractivity contribution >= 4 is 35.2 Å². The molecule has 7 nitrogen and oxygen atoms in total. The number of fused-ring (bicyclic) bond motifs is 1. The molecule has 1 aliphatic rings. The van der Waals surface area contributed by atoms with Crippen LogP contribution in [0.4, 0.5) is 5.69 Å². The number of aliphatic hydroxyl groups is 1. The lowest BCUT2D eigenvalue weighted by Crippen LogP contribution is -2.36. The highest BCUT2D eigenvalue weighted by Gasteiger charge is 2.18. The number of rotatable bonds is 4. The van der Waals surface area contributed by atoms with E-state index in [2.05, 4.69) is 10.6 Å². The van der Waals surface area contributed by atoms with E-state index in [1.165, 1.54) is 17.8 Å². The molecule has 0 bridgehead atoms. The van der Waals surface area contributed by atoms with Crippen LogP contribution in [0.5, 0.6) is 0 Å². The first kappa shape index (κ1) is 14.4. The molecule has 20 heavy (non-hydrogen) atoms. The van der Waals surface area contributed by atoms with Gasteiger partial charge in [0.2, 0.25) is 5.91 Å². The fraction of sp³-hybridized carbons (Fsp3) is 0.250. The fourth-order valence-corrected chi connectivity index (χ4v) is 2.39. The van der Waals surface area contributed by atoms with Gasteiger partial charge in [0.15, 0.2) is 6.10 Å². The third-order valence-electron chi connectivity index (χ3n) is 2.62. The van der Waals surface area contributed by atoms with Crippen LogP contribution >= 0.6 is 11.8 Å².